The summed E-state index contributed by atoms with van der Waals surface area (Å²) in [6.07, 6.45) is -1.64. The first kappa shape index (κ1) is 14.9. The van der Waals surface area contributed by atoms with E-state index in [1.165, 1.54) is 0 Å². The summed E-state index contributed by atoms with van der Waals surface area (Å²) in [6.45, 7) is 8.31. The Labute approximate surface area is 103 Å². The number of hydrogen-bond donors (Lipinski definition) is 3. The largest absolute Gasteiger partial charge is 0.386 e. The summed E-state index contributed by atoms with van der Waals surface area (Å²) in [4.78, 5) is 0. The van der Waals surface area contributed by atoms with Crippen molar-refractivity contribution in [3.05, 3.63) is 0 Å². The van der Waals surface area contributed by atoms with Gasteiger partial charge in [-0.25, -0.2) is 0 Å². The van der Waals surface area contributed by atoms with Crippen molar-refractivity contribution < 1.29 is 14.6 Å². The zero-order valence-corrected chi connectivity index (χ0v) is 11.2. The molecule has 1 fully saturated rings. The monoisotopic (exact) mass is 246 g/mol. The van der Waals surface area contributed by atoms with Crippen LogP contribution in [0.3, 0.4) is 0 Å². The van der Waals surface area contributed by atoms with Gasteiger partial charge in [0.1, 0.15) is 6.10 Å². The molecule has 0 aliphatic carbocycles. The van der Waals surface area contributed by atoms with Crippen LogP contribution in [-0.4, -0.2) is 42.3 Å². The molecule has 1 heterocycles. The minimum absolute atomic E-state index is 0.0177. The van der Waals surface area contributed by atoms with E-state index in [0.29, 0.717) is 12.5 Å². The van der Waals surface area contributed by atoms with Crippen LogP contribution in [-0.2, 0) is 9.47 Å². The molecule has 0 aromatic carbocycles. The number of hydrogen-bond acceptors (Lipinski definition) is 5. The second-order valence-corrected chi connectivity index (χ2v) is 5.35. The molecule has 0 radical (unpaired) electrons. The molecule has 0 saturated carbocycles. The Morgan fingerprint density at radius 2 is 1.88 bits per heavy atom. The molecule has 102 valence electrons. The normalized spacial score (nSPS) is 39.0. The van der Waals surface area contributed by atoms with Crippen LogP contribution < -0.4 is 11.5 Å². The third kappa shape index (κ3) is 3.39. The zero-order valence-electron chi connectivity index (χ0n) is 11.2. The lowest BCUT2D eigenvalue weighted by Crippen LogP contribution is -2.62. The molecule has 1 saturated heterocycles. The van der Waals surface area contributed by atoms with Gasteiger partial charge in [0.25, 0.3) is 0 Å². The fraction of sp³-hybridized carbons (Fsp3) is 1.00. The van der Waals surface area contributed by atoms with Crippen LogP contribution in [0.1, 0.15) is 27.7 Å². The Bertz CT molecular complexity index is 232. The highest BCUT2D eigenvalue weighted by molar-refractivity contribution is 4.93. The lowest BCUT2D eigenvalue weighted by atomic mass is 9.79. The molecule has 0 aromatic rings. The first-order valence-electron chi connectivity index (χ1n) is 6.33. The van der Waals surface area contributed by atoms with Gasteiger partial charge < -0.3 is 26.0 Å². The molecular weight excluding hydrogens is 220 g/mol. The maximum absolute atomic E-state index is 10.1. The van der Waals surface area contributed by atoms with E-state index < -0.39 is 12.4 Å². The van der Waals surface area contributed by atoms with Crippen LogP contribution in [0, 0.1) is 11.8 Å². The highest BCUT2D eigenvalue weighted by Crippen LogP contribution is 2.30. The predicted octanol–water partition coefficient (Wildman–Crippen LogP) is 0.0554. The summed E-state index contributed by atoms with van der Waals surface area (Å²) in [5.41, 5.74) is 11.8. The van der Waals surface area contributed by atoms with Crippen LogP contribution in [0.15, 0.2) is 0 Å². The molecule has 1 aliphatic rings. The molecule has 0 amide bonds. The SMILES string of the molecule is CC(C)O[C@H]1OC(CN)[C@@H](C(C)C)[C@H](N)C1O. The van der Waals surface area contributed by atoms with Crippen LogP contribution in [0.4, 0.5) is 0 Å². The average Bonchev–Trinajstić information content (AvgIpc) is 2.23. The van der Waals surface area contributed by atoms with Crippen molar-refractivity contribution in [1.29, 1.82) is 0 Å². The van der Waals surface area contributed by atoms with Crippen LogP contribution in [0.2, 0.25) is 0 Å². The molecule has 1 aliphatic heterocycles. The fourth-order valence-electron chi connectivity index (χ4n) is 2.47. The van der Waals surface area contributed by atoms with E-state index in [4.69, 9.17) is 20.9 Å². The molecule has 2 unspecified atom stereocenters. The summed E-state index contributed by atoms with van der Waals surface area (Å²) >= 11 is 0. The van der Waals surface area contributed by atoms with Gasteiger partial charge in [-0.3, -0.25) is 0 Å². The molecule has 0 spiro atoms. The van der Waals surface area contributed by atoms with Gasteiger partial charge in [-0.05, 0) is 19.8 Å². The zero-order chi connectivity index (χ0) is 13.2. The van der Waals surface area contributed by atoms with Crippen LogP contribution in [0.5, 0.6) is 0 Å². The smallest absolute Gasteiger partial charge is 0.185 e. The Hall–Kier alpha value is -0.200. The molecule has 17 heavy (non-hydrogen) atoms. The number of ether oxygens (including phenoxy) is 2. The Balaban J connectivity index is 2.78. The standard InChI is InChI=1S/C12H26N2O3/c1-6(2)9-8(5-13)17-12(16-7(3)4)11(15)10(9)14/h6-12,15H,5,13-14H2,1-4H3/t8?,9-,10+,11?,12+/m1/s1. The molecule has 0 bridgehead atoms. The van der Waals surface area contributed by atoms with E-state index in [2.05, 4.69) is 13.8 Å². The van der Waals surface area contributed by atoms with Gasteiger partial charge in [0.15, 0.2) is 6.29 Å². The summed E-state index contributed by atoms with van der Waals surface area (Å²) < 4.78 is 11.3. The van der Waals surface area contributed by atoms with E-state index in [9.17, 15) is 5.11 Å². The van der Waals surface area contributed by atoms with E-state index in [1.807, 2.05) is 13.8 Å². The number of rotatable bonds is 4. The van der Waals surface area contributed by atoms with Gasteiger partial charge in [-0.2, -0.15) is 0 Å². The topological polar surface area (TPSA) is 90.7 Å². The fourth-order valence-corrected chi connectivity index (χ4v) is 2.47. The molecule has 5 nitrogen and oxygen atoms in total. The maximum atomic E-state index is 10.1. The lowest BCUT2D eigenvalue weighted by Gasteiger charge is -2.45. The minimum Gasteiger partial charge on any atom is -0.386 e. The third-order valence-corrected chi connectivity index (χ3v) is 3.26. The average molecular weight is 246 g/mol. The van der Waals surface area contributed by atoms with Crippen molar-refractivity contribution in [1.82, 2.24) is 0 Å². The van der Waals surface area contributed by atoms with Gasteiger partial charge in [-0.15, -0.1) is 0 Å². The molecule has 5 atom stereocenters. The summed E-state index contributed by atoms with van der Waals surface area (Å²) in [7, 11) is 0. The van der Waals surface area contributed by atoms with Gasteiger partial charge in [0.05, 0.1) is 12.2 Å². The van der Waals surface area contributed by atoms with Crippen molar-refractivity contribution in [2.24, 2.45) is 23.3 Å². The predicted molar refractivity (Wildman–Crippen MR) is 66.2 cm³/mol. The summed E-state index contributed by atoms with van der Waals surface area (Å²) in [6, 6.07) is -0.360. The molecular formula is C12H26N2O3. The van der Waals surface area contributed by atoms with Crippen LogP contribution in [0.25, 0.3) is 0 Å². The van der Waals surface area contributed by atoms with Gasteiger partial charge in [0.2, 0.25) is 0 Å². The Morgan fingerprint density at radius 1 is 1.29 bits per heavy atom. The number of aliphatic hydroxyl groups is 1. The van der Waals surface area contributed by atoms with Gasteiger partial charge in [-0.1, -0.05) is 13.8 Å². The van der Waals surface area contributed by atoms with E-state index in [1.54, 1.807) is 0 Å². The second-order valence-electron chi connectivity index (χ2n) is 5.35. The van der Waals surface area contributed by atoms with E-state index in [0.717, 1.165) is 0 Å². The quantitative estimate of drug-likeness (QED) is 0.652. The van der Waals surface area contributed by atoms with Crippen molar-refractivity contribution in [3.8, 4) is 0 Å². The summed E-state index contributed by atoms with van der Waals surface area (Å²) in [5, 5.41) is 10.1. The second kappa shape index (κ2) is 6.11. The van der Waals surface area contributed by atoms with Crippen molar-refractivity contribution in [2.75, 3.05) is 6.54 Å². The first-order chi connectivity index (χ1) is 7.88. The maximum Gasteiger partial charge on any atom is 0.185 e. The van der Waals surface area contributed by atoms with E-state index >= 15 is 0 Å². The van der Waals surface area contributed by atoms with Gasteiger partial charge in [0, 0.05) is 18.5 Å². The highest BCUT2D eigenvalue weighted by atomic mass is 16.7. The van der Waals surface area contributed by atoms with Crippen molar-refractivity contribution in [3.63, 3.8) is 0 Å². The Morgan fingerprint density at radius 3 is 2.29 bits per heavy atom. The van der Waals surface area contributed by atoms with Crippen molar-refractivity contribution in [2.45, 2.75) is 58.3 Å². The lowest BCUT2D eigenvalue weighted by molar-refractivity contribution is -0.273. The highest BCUT2D eigenvalue weighted by Gasteiger charge is 2.44. The minimum atomic E-state index is -0.799. The van der Waals surface area contributed by atoms with Gasteiger partial charge >= 0.3 is 0 Å². The number of aliphatic hydroxyl groups excluding tert-OH is 1. The summed E-state index contributed by atoms with van der Waals surface area (Å²) in [5.74, 6) is 0.371. The van der Waals surface area contributed by atoms with Crippen molar-refractivity contribution >= 4 is 0 Å². The first-order valence-corrected chi connectivity index (χ1v) is 6.33. The van der Waals surface area contributed by atoms with Crippen LogP contribution >= 0.6 is 0 Å². The molecule has 5 N–H and O–H groups in total. The third-order valence-electron chi connectivity index (χ3n) is 3.26. The van der Waals surface area contributed by atoms with E-state index in [-0.39, 0.29) is 24.2 Å². The molecule has 1 rings (SSSR count). The Kier molecular flexibility index (Phi) is 5.34. The number of nitrogens with two attached hydrogens (primary N) is 2. The molecule has 5 heteroatoms. The molecule has 0 aromatic heterocycles.